The Morgan fingerprint density at radius 3 is 2.26 bits per heavy atom. The number of benzene rings is 1. The van der Waals surface area contributed by atoms with E-state index in [9.17, 15) is 9.59 Å². The number of carbonyl (C=O) groups is 2. The van der Waals surface area contributed by atoms with Gasteiger partial charge in [-0.2, -0.15) is 0 Å². The molecule has 128 valence electrons. The summed E-state index contributed by atoms with van der Waals surface area (Å²) in [6.45, 7) is 7.28. The van der Waals surface area contributed by atoms with Crippen LogP contribution in [0.4, 0.5) is 4.79 Å². The summed E-state index contributed by atoms with van der Waals surface area (Å²) in [7, 11) is 0. The van der Waals surface area contributed by atoms with E-state index in [0.29, 0.717) is 6.42 Å². The van der Waals surface area contributed by atoms with Gasteiger partial charge in [-0.3, -0.25) is 4.79 Å². The fourth-order valence-corrected chi connectivity index (χ4v) is 2.67. The predicted molar refractivity (Wildman–Crippen MR) is 92.6 cm³/mol. The maximum absolute atomic E-state index is 12.0. The lowest BCUT2D eigenvalue weighted by Crippen LogP contribution is -2.43. The standard InChI is InChI=1S/C17H24BrNO4/c1-5-13(11-6-8-12(18)9-7-11)14(10-15(20)21)19-16(22)23-17(2,3)4/h6-9,13-14H,5,10H2,1-4H3,(H,19,22)(H,20,21). The van der Waals surface area contributed by atoms with E-state index in [0.717, 1.165) is 10.0 Å². The summed E-state index contributed by atoms with van der Waals surface area (Å²) in [6, 6.07) is 7.15. The summed E-state index contributed by atoms with van der Waals surface area (Å²) in [5.74, 6) is -1.06. The lowest BCUT2D eigenvalue weighted by Gasteiger charge is -2.28. The number of halogens is 1. The molecule has 0 bridgehead atoms. The van der Waals surface area contributed by atoms with Gasteiger partial charge in [0.1, 0.15) is 5.60 Å². The van der Waals surface area contributed by atoms with E-state index in [1.807, 2.05) is 31.2 Å². The number of carbonyl (C=O) groups excluding carboxylic acids is 1. The first-order chi connectivity index (χ1) is 10.6. The smallest absolute Gasteiger partial charge is 0.407 e. The topological polar surface area (TPSA) is 75.6 Å². The number of ether oxygens (including phenoxy) is 1. The minimum absolute atomic E-state index is 0.105. The van der Waals surface area contributed by atoms with Gasteiger partial charge in [0, 0.05) is 16.4 Å². The van der Waals surface area contributed by atoms with Crippen LogP contribution in [0.5, 0.6) is 0 Å². The predicted octanol–water partition coefficient (Wildman–Crippen LogP) is 4.31. The molecule has 0 fully saturated rings. The van der Waals surface area contributed by atoms with Gasteiger partial charge in [0.2, 0.25) is 0 Å². The van der Waals surface area contributed by atoms with Crippen LogP contribution in [0, 0.1) is 0 Å². The molecule has 0 saturated heterocycles. The van der Waals surface area contributed by atoms with Crippen LogP contribution in [0.3, 0.4) is 0 Å². The second kappa shape index (κ2) is 8.34. The normalized spacial score (nSPS) is 14.0. The average molecular weight is 386 g/mol. The van der Waals surface area contributed by atoms with E-state index < -0.39 is 23.7 Å². The Balaban J connectivity index is 2.95. The Labute approximate surface area is 145 Å². The molecule has 1 aromatic carbocycles. The monoisotopic (exact) mass is 385 g/mol. The number of nitrogens with one attached hydrogen (secondary N) is 1. The Morgan fingerprint density at radius 2 is 1.83 bits per heavy atom. The highest BCUT2D eigenvalue weighted by Gasteiger charge is 2.28. The number of alkyl carbamates (subject to hydrolysis) is 1. The molecule has 1 amide bonds. The van der Waals surface area contributed by atoms with Crippen molar-refractivity contribution >= 4 is 28.0 Å². The third kappa shape index (κ3) is 7.03. The highest BCUT2D eigenvalue weighted by Crippen LogP contribution is 2.27. The van der Waals surface area contributed by atoms with Gasteiger partial charge in [0.05, 0.1) is 6.42 Å². The van der Waals surface area contributed by atoms with Crippen LogP contribution in [0.2, 0.25) is 0 Å². The van der Waals surface area contributed by atoms with Crippen LogP contribution in [0.15, 0.2) is 28.7 Å². The number of amides is 1. The molecule has 0 saturated carbocycles. The fraction of sp³-hybridized carbons (Fsp3) is 0.529. The van der Waals surface area contributed by atoms with E-state index in [1.165, 1.54) is 0 Å². The summed E-state index contributed by atoms with van der Waals surface area (Å²) in [5.41, 5.74) is 0.356. The Bertz CT molecular complexity index is 537. The van der Waals surface area contributed by atoms with Crippen LogP contribution < -0.4 is 5.32 Å². The maximum Gasteiger partial charge on any atom is 0.407 e. The molecule has 0 spiro atoms. The van der Waals surface area contributed by atoms with Crippen molar-refractivity contribution in [3.63, 3.8) is 0 Å². The molecule has 0 aliphatic heterocycles. The number of carboxylic acids is 1. The quantitative estimate of drug-likeness (QED) is 0.764. The second-order valence-electron chi connectivity index (χ2n) is 6.42. The summed E-state index contributed by atoms with van der Waals surface area (Å²) < 4.78 is 6.20. The zero-order chi connectivity index (χ0) is 17.6. The highest BCUT2D eigenvalue weighted by molar-refractivity contribution is 9.10. The molecule has 0 aliphatic carbocycles. The van der Waals surface area contributed by atoms with Crippen LogP contribution >= 0.6 is 15.9 Å². The van der Waals surface area contributed by atoms with Crippen molar-refractivity contribution in [2.24, 2.45) is 0 Å². The summed E-state index contributed by atoms with van der Waals surface area (Å²) in [6.07, 6.45) is -0.0530. The Kier molecular flexibility index (Phi) is 7.06. The summed E-state index contributed by atoms with van der Waals surface area (Å²) >= 11 is 3.38. The van der Waals surface area contributed by atoms with E-state index in [4.69, 9.17) is 9.84 Å². The first-order valence-corrected chi connectivity index (χ1v) is 8.38. The van der Waals surface area contributed by atoms with Crippen LogP contribution in [0.25, 0.3) is 0 Å². The van der Waals surface area contributed by atoms with Gasteiger partial charge in [-0.1, -0.05) is 35.0 Å². The van der Waals surface area contributed by atoms with Gasteiger partial charge < -0.3 is 15.2 Å². The van der Waals surface area contributed by atoms with Crippen molar-refractivity contribution in [2.75, 3.05) is 0 Å². The number of hydrogen-bond donors (Lipinski definition) is 2. The van der Waals surface area contributed by atoms with Crippen molar-refractivity contribution in [1.29, 1.82) is 0 Å². The van der Waals surface area contributed by atoms with E-state index in [-0.39, 0.29) is 12.3 Å². The van der Waals surface area contributed by atoms with Gasteiger partial charge in [0.15, 0.2) is 0 Å². The van der Waals surface area contributed by atoms with Gasteiger partial charge >= 0.3 is 12.1 Å². The van der Waals surface area contributed by atoms with Crippen LogP contribution in [0.1, 0.15) is 52.0 Å². The molecule has 0 radical (unpaired) electrons. The minimum Gasteiger partial charge on any atom is -0.481 e. The number of rotatable bonds is 6. The van der Waals surface area contributed by atoms with Crippen LogP contribution in [-0.4, -0.2) is 28.8 Å². The third-order valence-electron chi connectivity index (χ3n) is 3.32. The molecule has 0 aliphatic rings. The lowest BCUT2D eigenvalue weighted by atomic mass is 9.87. The SMILES string of the molecule is CCC(c1ccc(Br)cc1)C(CC(=O)O)NC(=O)OC(C)(C)C. The maximum atomic E-state index is 12.0. The fourth-order valence-electron chi connectivity index (χ4n) is 2.40. The minimum atomic E-state index is -0.957. The zero-order valence-electron chi connectivity index (χ0n) is 13.9. The third-order valence-corrected chi connectivity index (χ3v) is 3.85. The molecule has 23 heavy (non-hydrogen) atoms. The molecule has 0 aromatic heterocycles. The molecular weight excluding hydrogens is 362 g/mol. The molecule has 2 atom stereocenters. The van der Waals surface area contributed by atoms with Gasteiger partial charge in [-0.05, 0) is 44.9 Å². The second-order valence-corrected chi connectivity index (χ2v) is 7.33. The van der Waals surface area contributed by atoms with E-state index in [2.05, 4.69) is 21.2 Å². The lowest BCUT2D eigenvalue weighted by molar-refractivity contribution is -0.137. The van der Waals surface area contributed by atoms with Gasteiger partial charge in [0.25, 0.3) is 0 Å². The van der Waals surface area contributed by atoms with Crippen molar-refractivity contribution in [1.82, 2.24) is 5.32 Å². The van der Waals surface area contributed by atoms with Crippen molar-refractivity contribution in [3.8, 4) is 0 Å². The summed E-state index contributed by atoms with van der Waals surface area (Å²) in [5, 5.41) is 11.9. The van der Waals surface area contributed by atoms with E-state index in [1.54, 1.807) is 20.8 Å². The molecule has 1 aromatic rings. The molecule has 2 unspecified atom stereocenters. The first kappa shape index (κ1) is 19.5. The van der Waals surface area contributed by atoms with Crippen LogP contribution in [-0.2, 0) is 9.53 Å². The molecule has 2 N–H and O–H groups in total. The highest BCUT2D eigenvalue weighted by atomic mass is 79.9. The summed E-state index contributed by atoms with van der Waals surface area (Å²) in [4.78, 5) is 23.2. The van der Waals surface area contributed by atoms with Crippen molar-refractivity contribution < 1.29 is 19.4 Å². The Hall–Kier alpha value is -1.56. The molecule has 0 heterocycles. The van der Waals surface area contributed by atoms with Crippen molar-refractivity contribution in [3.05, 3.63) is 34.3 Å². The molecule has 5 nitrogen and oxygen atoms in total. The molecule has 6 heteroatoms. The first-order valence-electron chi connectivity index (χ1n) is 7.59. The number of hydrogen-bond acceptors (Lipinski definition) is 3. The van der Waals surface area contributed by atoms with Crippen molar-refractivity contribution in [2.45, 2.75) is 58.1 Å². The molecule has 1 rings (SSSR count). The van der Waals surface area contributed by atoms with Gasteiger partial charge in [-0.15, -0.1) is 0 Å². The van der Waals surface area contributed by atoms with Gasteiger partial charge in [-0.25, -0.2) is 4.79 Å². The average Bonchev–Trinajstić information content (AvgIpc) is 2.38. The zero-order valence-corrected chi connectivity index (χ0v) is 15.5. The Morgan fingerprint density at radius 1 is 1.26 bits per heavy atom. The largest absolute Gasteiger partial charge is 0.481 e. The van der Waals surface area contributed by atoms with E-state index >= 15 is 0 Å². The molecular formula is C17H24BrNO4. The number of carboxylic acid groups (broad SMARTS) is 1. The number of aliphatic carboxylic acids is 1.